The first kappa shape index (κ1) is 17.1. The molecule has 1 saturated heterocycles. The van der Waals surface area contributed by atoms with Gasteiger partial charge in [-0.15, -0.1) is 0 Å². The van der Waals surface area contributed by atoms with Gasteiger partial charge in [0.15, 0.2) is 0 Å². The van der Waals surface area contributed by atoms with Crippen LogP contribution in [0.3, 0.4) is 0 Å². The fraction of sp³-hybridized carbons (Fsp3) is 0.368. The van der Waals surface area contributed by atoms with E-state index in [1.165, 1.54) is 0 Å². The highest BCUT2D eigenvalue weighted by Gasteiger charge is 2.22. The zero-order valence-electron chi connectivity index (χ0n) is 15.0. The van der Waals surface area contributed by atoms with Crippen molar-refractivity contribution in [1.29, 1.82) is 0 Å². The third-order valence-corrected chi connectivity index (χ3v) is 5.14. The lowest BCUT2D eigenvalue weighted by atomic mass is 10.1. The maximum absolute atomic E-state index is 6.67. The number of methoxy groups -OCH3 is 1. The monoisotopic (exact) mass is 373 g/mol. The van der Waals surface area contributed by atoms with Gasteiger partial charge in [-0.1, -0.05) is 17.7 Å². The van der Waals surface area contributed by atoms with Crippen LogP contribution >= 0.6 is 11.6 Å². The van der Waals surface area contributed by atoms with Crippen LogP contribution in [0.15, 0.2) is 24.4 Å². The molecule has 1 aliphatic heterocycles. The second-order valence-electron chi connectivity index (χ2n) is 6.34. The SMILES string of the molecule is COc1nc2ccc(-c3cnc(C)n3C)cc2c(Cl)c1OCC1CCO1. The van der Waals surface area contributed by atoms with Crippen LogP contribution in [-0.4, -0.2) is 41.0 Å². The van der Waals surface area contributed by atoms with Crippen molar-refractivity contribution in [2.24, 2.45) is 7.05 Å². The summed E-state index contributed by atoms with van der Waals surface area (Å²) in [5.41, 5.74) is 2.78. The Morgan fingerprint density at radius 1 is 1.38 bits per heavy atom. The van der Waals surface area contributed by atoms with Gasteiger partial charge in [0.25, 0.3) is 5.88 Å². The van der Waals surface area contributed by atoms with Crippen molar-refractivity contribution in [2.45, 2.75) is 19.4 Å². The second kappa shape index (κ2) is 6.78. The van der Waals surface area contributed by atoms with E-state index in [4.69, 9.17) is 25.8 Å². The minimum Gasteiger partial charge on any atom is -0.484 e. The molecule has 0 bridgehead atoms. The molecular formula is C19H20ClN3O3. The molecule has 26 heavy (non-hydrogen) atoms. The number of imidazole rings is 1. The summed E-state index contributed by atoms with van der Waals surface area (Å²) >= 11 is 6.67. The summed E-state index contributed by atoms with van der Waals surface area (Å²) in [4.78, 5) is 8.90. The summed E-state index contributed by atoms with van der Waals surface area (Å²) in [6.07, 6.45) is 2.95. The molecule has 7 heteroatoms. The maximum Gasteiger partial charge on any atom is 0.258 e. The van der Waals surface area contributed by atoms with Gasteiger partial charge in [-0.05, 0) is 19.1 Å². The van der Waals surface area contributed by atoms with Crippen LogP contribution in [0.4, 0.5) is 0 Å². The molecule has 136 valence electrons. The minimum absolute atomic E-state index is 0.107. The Hall–Kier alpha value is -2.31. The van der Waals surface area contributed by atoms with E-state index >= 15 is 0 Å². The molecule has 3 aromatic rings. The van der Waals surface area contributed by atoms with E-state index in [1.807, 2.05) is 42.9 Å². The number of halogens is 1. The molecule has 0 radical (unpaired) electrons. The third kappa shape index (κ3) is 2.89. The molecule has 0 aliphatic carbocycles. The summed E-state index contributed by atoms with van der Waals surface area (Å²) in [6.45, 7) is 3.19. The Kier molecular flexibility index (Phi) is 4.46. The molecule has 4 rings (SSSR count). The summed E-state index contributed by atoms with van der Waals surface area (Å²) in [7, 11) is 3.55. The van der Waals surface area contributed by atoms with Crippen LogP contribution < -0.4 is 9.47 Å². The molecular weight excluding hydrogens is 354 g/mol. The molecule has 1 fully saturated rings. The first-order valence-corrected chi connectivity index (χ1v) is 8.86. The number of aromatic nitrogens is 3. The van der Waals surface area contributed by atoms with Gasteiger partial charge in [0, 0.05) is 31.0 Å². The molecule has 0 amide bonds. The lowest BCUT2D eigenvalue weighted by molar-refractivity contribution is -0.0723. The Labute approximate surface area is 156 Å². The number of fused-ring (bicyclic) bond motifs is 1. The number of pyridine rings is 1. The maximum atomic E-state index is 6.67. The van der Waals surface area contributed by atoms with Crippen molar-refractivity contribution >= 4 is 22.5 Å². The van der Waals surface area contributed by atoms with Gasteiger partial charge in [0.05, 0.1) is 35.6 Å². The number of aryl methyl sites for hydroxylation is 1. The van der Waals surface area contributed by atoms with Crippen molar-refractivity contribution in [3.63, 3.8) is 0 Å². The summed E-state index contributed by atoms with van der Waals surface area (Å²) in [5, 5.41) is 1.31. The quantitative estimate of drug-likeness (QED) is 0.681. The van der Waals surface area contributed by atoms with Gasteiger partial charge in [-0.3, -0.25) is 0 Å². The standard InChI is InChI=1S/C19H20ClN3O3/c1-11-21-9-16(23(11)2)12-4-5-15-14(8-12)17(20)18(19(22-15)24-3)26-10-13-6-7-25-13/h4-5,8-9,13H,6-7,10H2,1-3H3. The fourth-order valence-electron chi connectivity index (χ4n) is 2.97. The molecule has 1 atom stereocenters. The van der Waals surface area contributed by atoms with Crippen molar-refractivity contribution in [3.05, 3.63) is 35.2 Å². The summed E-state index contributed by atoms with van der Waals surface area (Å²) in [6, 6.07) is 5.94. The molecule has 6 nitrogen and oxygen atoms in total. The van der Waals surface area contributed by atoms with Gasteiger partial charge >= 0.3 is 0 Å². The molecule has 2 aromatic heterocycles. The molecule has 1 aromatic carbocycles. The Balaban J connectivity index is 1.78. The second-order valence-corrected chi connectivity index (χ2v) is 6.72. The fourth-order valence-corrected chi connectivity index (χ4v) is 3.26. The zero-order valence-corrected chi connectivity index (χ0v) is 15.7. The average Bonchev–Trinajstić information content (AvgIpc) is 2.94. The van der Waals surface area contributed by atoms with Crippen LogP contribution in [0.2, 0.25) is 5.02 Å². The number of benzene rings is 1. The van der Waals surface area contributed by atoms with E-state index in [9.17, 15) is 0 Å². The third-order valence-electron chi connectivity index (χ3n) is 4.77. The van der Waals surface area contributed by atoms with Gasteiger partial charge in [-0.2, -0.15) is 0 Å². The number of nitrogens with zero attached hydrogens (tertiary/aromatic N) is 3. The number of rotatable bonds is 5. The van der Waals surface area contributed by atoms with Gasteiger partial charge in [0.2, 0.25) is 5.75 Å². The lowest BCUT2D eigenvalue weighted by Crippen LogP contribution is -2.32. The molecule has 3 heterocycles. The summed E-state index contributed by atoms with van der Waals surface area (Å²) in [5.74, 6) is 1.78. The molecule has 0 N–H and O–H groups in total. The van der Waals surface area contributed by atoms with E-state index < -0.39 is 0 Å². The Bertz CT molecular complexity index is 966. The van der Waals surface area contributed by atoms with E-state index in [0.29, 0.717) is 23.3 Å². The van der Waals surface area contributed by atoms with Crippen LogP contribution in [0, 0.1) is 6.92 Å². The number of ether oxygens (including phenoxy) is 3. The van der Waals surface area contributed by atoms with E-state index in [2.05, 4.69) is 9.97 Å². The van der Waals surface area contributed by atoms with E-state index in [1.54, 1.807) is 7.11 Å². The molecule has 0 spiro atoms. The lowest BCUT2D eigenvalue weighted by Gasteiger charge is -2.26. The predicted molar refractivity (Wildman–Crippen MR) is 100 cm³/mol. The van der Waals surface area contributed by atoms with Crippen LogP contribution in [0.25, 0.3) is 22.2 Å². The van der Waals surface area contributed by atoms with Crippen molar-refractivity contribution < 1.29 is 14.2 Å². The Morgan fingerprint density at radius 2 is 2.19 bits per heavy atom. The van der Waals surface area contributed by atoms with E-state index in [0.717, 1.165) is 41.0 Å². The normalized spacial score (nSPS) is 16.5. The van der Waals surface area contributed by atoms with Gasteiger partial charge in [0.1, 0.15) is 12.4 Å². The highest BCUT2D eigenvalue weighted by Crippen LogP contribution is 2.40. The largest absolute Gasteiger partial charge is 0.484 e. The van der Waals surface area contributed by atoms with E-state index in [-0.39, 0.29) is 6.10 Å². The average molecular weight is 374 g/mol. The van der Waals surface area contributed by atoms with Crippen molar-refractivity contribution in [3.8, 4) is 22.9 Å². The molecule has 1 unspecified atom stereocenters. The number of hydrogen-bond acceptors (Lipinski definition) is 5. The minimum atomic E-state index is 0.107. The predicted octanol–water partition coefficient (Wildman–Crippen LogP) is 3.77. The van der Waals surface area contributed by atoms with Gasteiger partial charge in [-0.25, -0.2) is 9.97 Å². The van der Waals surface area contributed by atoms with Crippen LogP contribution in [-0.2, 0) is 11.8 Å². The van der Waals surface area contributed by atoms with Gasteiger partial charge < -0.3 is 18.8 Å². The molecule has 1 aliphatic rings. The molecule has 0 saturated carbocycles. The number of hydrogen-bond donors (Lipinski definition) is 0. The first-order chi connectivity index (χ1) is 12.6. The van der Waals surface area contributed by atoms with Crippen LogP contribution in [0.5, 0.6) is 11.6 Å². The zero-order chi connectivity index (χ0) is 18.3. The highest BCUT2D eigenvalue weighted by atomic mass is 35.5. The van der Waals surface area contributed by atoms with Crippen molar-refractivity contribution in [2.75, 3.05) is 20.3 Å². The van der Waals surface area contributed by atoms with Crippen molar-refractivity contribution in [1.82, 2.24) is 14.5 Å². The Morgan fingerprint density at radius 3 is 2.81 bits per heavy atom. The van der Waals surface area contributed by atoms with Crippen LogP contribution in [0.1, 0.15) is 12.2 Å². The smallest absolute Gasteiger partial charge is 0.258 e. The summed E-state index contributed by atoms with van der Waals surface area (Å²) < 4.78 is 18.7. The first-order valence-electron chi connectivity index (χ1n) is 8.49. The topological polar surface area (TPSA) is 58.4 Å². The highest BCUT2D eigenvalue weighted by molar-refractivity contribution is 6.37.